The van der Waals surface area contributed by atoms with Crippen molar-refractivity contribution in [3.05, 3.63) is 40.9 Å². The molecule has 0 radical (unpaired) electrons. The van der Waals surface area contributed by atoms with E-state index < -0.39 is 0 Å². The fraction of sp³-hybridized carbons (Fsp3) is 0.438. The van der Waals surface area contributed by atoms with E-state index in [4.69, 9.17) is 21.1 Å². The van der Waals surface area contributed by atoms with Crippen LogP contribution in [0.1, 0.15) is 24.8 Å². The van der Waals surface area contributed by atoms with Crippen molar-refractivity contribution in [2.24, 2.45) is 5.92 Å². The maximum absolute atomic E-state index is 11.9. The van der Waals surface area contributed by atoms with Crippen LogP contribution in [0.5, 0.6) is 0 Å². The quantitative estimate of drug-likeness (QED) is 0.630. The Bertz CT molecular complexity index is 511. The summed E-state index contributed by atoms with van der Waals surface area (Å²) < 4.78 is 11.0. The molecule has 1 aromatic carbocycles. The van der Waals surface area contributed by atoms with Crippen LogP contribution in [-0.2, 0) is 14.3 Å². The van der Waals surface area contributed by atoms with Gasteiger partial charge in [-0.05, 0) is 43.0 Å². The second-order valence-electron chi connectivity index (χ2n) is 5.43. The molecule has 1 aliphatic heterocycles. The number of benzene rings is 1. The van der Waals surface area contributed by atoms with Crippen LogP contribution < -0.4 is 0 Å². The summed E-state index contributed by atoms with van der Waals surface area (Å²) in [5.74, 6) is 0.0970. The molecule has 0 bridgehead atoms. The lowest BCUT2D eigenvalue weighted by molar-refractivity contribution is -0.148. The van der Waals surface area contributed by atoms with Gasteiger partial charge in [0.15, 0.2) is 0 Å². The third-order valence-corrected chi connectivity index (χ3v) is 4.25. The summed E-state index contributed by atoms with van der Waals surface area (Å²) in [5, 5.41) is 0.683. The van der Waals surface area contributed by atoms with Gasteiger partial charge in [0.05, 0.1) is 6.61 Å². The van der Waals surface area contributed by atoms with Crippen molar-refractivity contribution < 1.29 is 14.3 Å². The van der Waals surface area contributed by atoms with E-state index in [9.17, 15) is 4.79 Å². The number of rotatable bonds is 4. The second kappa shape index (κ2) is 5.58. The van der Waals surface area contributed by atoms with Gasteiger partial charge in [0.1, 0.15) is 5.60 Å². The van der Waals surface area contributed by atoms with Crippen LogP contribution in [0.25, 0.3) is 6.08 Å². The van der Waals surface area contributed by atoms with E-state index in [0.29, 0.717) is 17.5 Å². The number of halogens is 1. The maximum Gasteiger partial charge on any atom is 0.331 e. The summed E-state index contributed by atoms with van der Waals surface area (Å²) in [7, 11) is 0. The molecule has 0 amide bonds. The number of esters is 1. The molecule has 1 saturated heterocycles. The molecule has 0 aromatic heterocycles. The molecule has 4 heteroatoms. The fourth-order valence-corrected chi connectivity index (χ4v) is 2.76. The van der Waals surface area contributed by atoms with Crippen molar-refractivity contribution in [1.29, 1.82) is 0 Å². The number of hydrogen-bond donors (Lipinski definition) is 0. The van der Waals surface area contributed by atoms with Crippen LogP contribution in [-0.4, -0.2) is 24.8 Å². The summed E-state index contributed by atoms with van der Waals surface area (Å²) in [6.45, 7) is 1.50. The van der Waals surface area contributed by atoms with Gasteiger partial charge in [-0.25, -0.2) is 4.79 Å². The van der Waals surface area contributed by atoms with Crippen molar-refractivity contribution in [3.8, 4) is 0 Å². The molecule has 20 heavy (non-hydrogen) atoms. The molecule has 106 valence electrons. The Hall–Kier alpha value is -1.32. The van der Waals surface area contributed by atoms with Gasteiger partial charge in [0, 0.05) is 23.6 Å². The average molecular weight is 293 g/mol. The van der Waals surface area contributed by atoms with E-state index in [1.54, 1.807) is 18.2 Å². The van der Waals surface area contributed by atoms with Gasteiger partial charge in [-0.15, -0.1) is 0 Å². The van der Waals surface area contributed by atoms with Gasteiger partial charge in [-0.3, -0.25) is 0 Å². The molecule has 1 saturated carbocycles. The highest BCUT2D eigenvalue weighted by Gasteiger charge is 2.53. The Morgan fingerprint density at radius 1 is 1.35 bits per heavy atom. The molecular weight excluding hydrogens is 276 g/mol. The number of hydrogen-bond acceptors (Lipinski definition) is 3. The Morgan fingerprint density at radius 2 is 2.10 bits per heavy atom. The van der Waals surface area contributed by atoms with Crippen molar-refractivity contribution >= 4 is 23.6 Å². The largest absolute Gasteiger partial charge is 0.456 e. The zero-order valence-corrected chi connectivity index (χ0v) is 11.9. The molecule has 3 nitrogen and oxygen atoms in total. The van der Waals surface area contributed by atoms with Crippen LogP contribution in [0.2, 0.25) is 5.02 Å². The predicted molar refractivity (Wildman–Crippen MR) is 77.5 cm³/mol. The van der Waals surface area contributed by atoms with E-state index in [-0.39, 0.29) is 11.6 Å². The van der Waals surface area contributed by atoms with Crippen LogP contribution in [0.4, 0.5) is 0 Å². The summed E-state index contributed by atoms with van der Waals surface area (Å²) in [5.41, 5.74) is 0.679. The molecule has 1 heterocycles. The summed E-state index contributed by atoms with van der Waals surface area (Å²) in [6, 6.07) is 7.32. The zero-order chi connectivity index (χ0) is 14.0. The third-order valence-electron chi connectivity index (χ3n) is 4.00. The number of carbonyl (C=O) groups excluding carboxylic acids is 1. The van der Waals surface area contributed by atoms with E-state index in [0.717, 1.165) is 31.4 Å². The number of ether oxygens (including phenoxy) is 2. The highest BCUT2D eigenvalue weighted by atomic mass is 35.5. The normalized spacial score (nSPS) is 23.9. The van der Waals surface area contributed by atoms with E-state index in [1.807, 2.05) is 12.1 Å². The minimum absolute atomic E-state index is 0.252. The molecule has 1 aromatic rings. The highest BCUT2D eigenvalue weighted by Crippen LogP contribution is 2.49. The second-order valence-corrected chi connectivity index (χ2v) is 5.87. The Morgan fingerprint density at radius 3 is 2.70 bits per heavy atom. The molecule has 2 aliphatic rings. The van der Waals surface area contributed by atoms with Crippen molar-refractivity contribution in [2.45, 2.75) is 24.9 Å². The molecule has 1 atom stereocenters. The molecule has 3 rings (SSSR count). The third kappa shape index (κ3) is 3.05. The zero-order valence-electron chi connectivity index (χ0n) is 11.2. The first-order valence-electron chi connectivity index (χ1n) is 6.92. The molecular formula is C16H17ClO3. The topological polar surface area (TPSA) is 35.5 Å². The summed E-state index contributed by atoms with van der Waals surface area (Å²) in [6.07, 6.45) is 6.15. The standard InChI is InChI=1S/C16H17ClO3/c17-14-4-1-12(2-5-14)3-6-15(18)20-16(8-9-16)13-7-10-19-11-13/h1-6,13H,7-11H2/b6-3+. The van der Waals surface area contributed by atoms with E-state index in [2.05, 4.69) is 0 Å². The smallest absolute Gasteiger partial charge is 0.331 e. The van der Waals surface area contributed by atoms with Gasteiger partial charge in [-0.2, -0.15) is 0 Å². The Balaban J connectivity index is 1.58. The molecule has 1 aliphatic carbocycles. The van der Waals surface area contributed by atoms with E-state index in [1.165, 1.54) is 6.08 Å². The van der Waals surface area contributed by atoms with Crippen LogP contribution in [0, 0.1) is 5.92 Å². The Labute approximate surface area is 123 Å². The molecule has 0 spiro atoms. The van der Waals surface area contributed by atoms with Gasteiger partial charge in [0.25, 0.3) is 0 Å². The van der Waals surface area contributed by atoms with Crippen molar-refractivity contribution in [1.82, 2.24) is 0 Å². The Kier molecular flexibility index (Phi) is 3.81. The molecule has 2 fully saturated rings. The van der Waals surface area contributed by atoms with Crippen LogP contribution in [0.15, 0.2) is 30.3 Å². The van der Waals surface area contributed by atoms with Crippen LogP contribution >= 0.6 is 11.6 Å². The summed E-state index contributed by atoms with van der Waals surface area (Å²) in [4.78, 5) is 11.9. The molecule has 0 N–H and O–H groups in total. The van der Waals surface area contributed by atoms with Gasteiger partial charge in [-0.1, -0.05) is 23.7 Å². The maximum atomic E-state index is 11.9. The van der Waals surface area contributed by atoms with Crippen molar-refractivity contribution in [2.75, 3.05) is 13.2 Å². The highest BCUT2D eigenvalue weighted by molar-refractivity contribution is 6.30. The minimum Gasteiger partial charge on any atom is -0.456 e. The summed E-state index contributed by atoms with van der Waals surface area (Å²) >= 11 is 5.81. The lowest BCUT2D eigenvalue weighted by Gasteiger charge is -2.21. The van der Waals surface area contributed by atoms with Gasteiger partial charge < -0.3 is 9.47 Å². The van der Waals surface area contributed by atoms with Gasteiger partial charge in [0.2, 0.25) is 0 Å². The first-order chi connectivity index (χ1) is 9.68. The van der Waals surface area contributed by atoms with Crippen molar-refractivity contribution in [3.63, 3.8) is 0 Å². The lowest BCUT2D eigenvalue weighted by Crippen LogP contribution is -2.28. The fourth-order valence-electron chi connectivity index (χ4n) is 2.64. The predicted octanol–water partition coefficient (Wildman–Crippen LogP) is 3.47. The molecule has 1 unspecified atom stereocenters. The number of carbonyl (C=O) groups is 1. The van der Waals surface area contributed by atoms with Gasteiger partial charge >= 0.3 is 5.97 Å². The first-order valence-corrected chi connectivity index (χ1v) is 7.30. The first kappa shape index (κ1) is 13.7. The SMILES string of the molecule is O=C(/C=C/c1ccc(Cl)cc1)OC1(C2CCOC2)CC1. The lowest BCUT2D eigenvalue weighted by atomic mass is 9.99. The minimum atomic E-state index is -0.274. The van der Waals surface area contributed by atoms with Crippen LogP contribution in [0.3, 0.4) is 0 Å². The van der Waals surface area contributed by atoms with E-state index >= 15 is 0 Å². The monoisotopic (exact) mass is 292 g/mol. The average Bonchev–Trinajstić information content (AvgIpc) is 3.01.